The SMILES string of the molecule is CC.CCC(C)N1Cc2ccccc2-c2nnn(C)c2-c2ccccc21. The molecule has 0 bridgehead atoms. The third-order valence-electron chi connectivity index (χ3n) is 5.03. The molecule has 1 aromatic heterocycles. The van der Waals surface area contributed by atoms with E-state index < -0.39 is 0 Å². The Bertz CT molecular complexity index is 881. The smallest absolute Gasteiger partial charge is 0.121 e. The summed E-state index contributed by atoms with van der Waals surface area (Å²) in [6.07, 6.45) is 1.10. The number of aryl methyl sites for hydroxylation is 1. The van der Waals surface area contributed by atoms with E-state index in [2.05, 4.69) is 77.6 Å². The van der Waals surface area contributed by atoms with Gasteiger partial charge in [0.05, 0.1) is 5.69 Å². The quantitative estimate of drug-likeness (QED) is 0.631. The number of aromatic nitrogens is 3. The minimum Gasteiger partial charge on any atom is -0.364 e. The highest BCUT2D eigenvalue weighted by Gasteiger charge is 2.26. The van der Waals surface area contributed by atoms with Crippen LogP contribution >= 0.6 is 0 Å². The van der Waals surface area contributed by atoms with E-state index in [0.717, 1.165) is 24.4 Å². The first-order valence-electron chi connectivity index (χ1n) is 9.54. The van der Waals surface area contributed by atoms with Crippen molar-refractivity contribution in [1.29, 1.82) is 0 Å². The number of rotatable bonds is 2. The van der Waals surface area contributed by atoms with Crippen molar-refractivity contribution < 1.29 is 0 Å². The molecule has 4 rings (SSSR count). The summed E-state index contributed by atoms with van der Waals surface area (Å²) in [7, 11) is 1.97. The zero-order valence-electron chi connectivity index (χ0n) is 16.4. The summed E-state index contributed by atoms with van der Waals surface area (Å²) in [5, 5.41) is 8.80. The summed E-state index contributed by atoms with van der Waals surface area (Å²) < 4.78 is 1.89. The Morgan fingerprint density at radius 3 is 2.38 bits per heavy atom. The number of nitrogens with zero attached hydrogens (tertiary/aromatic N) is 4. The van der Waals surface area contributed by atoms with Crippen LogP contribution < -0.4 is 4.90 Å². The van der Waals surface area contributed by atoms with Gasteiger partial charge in [0.1, 0.15) is 5.69 Å². The van der Waals surface area contributed by atoms with Crippen LogP contribution in [0.15, 0.2) is 48.5 Å². The average molecular weight is 348 g/mol. The van der Waals surface area contributed by atoms with Gasteiger partial charge in [-0.05, 0) is 25.0 Å². The molecule has 1 atom stereocenters. The Kier molecular flexibility index (Phi) is 5.40. The first kappa shape index (κ1) is 18.2. The lowest BCUT2D eigenvalue weighted by atomic mass is 9.94. The minimum atomic E-state index is 0.460. The van der Waals surface area contributed by atoms with Gasteiger partial charge in [-0.15, -0.1) is 5.10 Å². The molecule has 2 aromatic carbocycles. The van der Waals surface area contributed by atoms with Crippen molar-refractivity contribution in [2.24, 2.45) is 7.05 Å². The number of hydrogen-bond donors (Lipinski definition) is 0. The highest BCUT2D eigenvalue weighted by atomic mass is 15.4. The first-order chi connectivity index (χ1) is 12.7. The lowest BCUT2D eigenvalue weighted by Gasteiger charge is -2.34. The normalized spacial score (nSPS) is 13.3. The summed E-state index contributed by atoms with van der Waals surface area (Å²) in [5.41, 5.74) is 7.01. The predicted molar refractivity (Wildman–Crippen MR) is 109 cm³/mol. The average Bonchev–Trinajstić information content (AvgIpc) is 3.07. The maximum Gasteiger partial charge on any atom is 0.121 e. The van der Waals surface area contributed by atoms with Crippen LogP contribution in [0, 0.1) is 0 Å². The molecule has 3 aromatic rings. The van der Waals surface area contributed by atoms with Gasteiger partial charge in [0, 0.05) is 36.4 Å². The number of hydrogen-bond acceptors (Lipinski definition) is 3. The molecular formula is C22H28N4. The van der Waals surface area contributed by atoms with Crippen LogP contribution in [0.3, 0.4) is 0 Å². The molecule has 4 heteroatoms. The number of fused-ring (bicyclic) bond motifs is 5. The molecule has 1 aliphatic rings. The van der Waals surface area contributed by atoms with Gasteiger partial charge in [-0.3, -0.25) is 0 Å². The van der Waals surface area contributed by atoms with Crippen molar-refractivity contribution in [2.75, 3.05) is 4.90 Å². The van der Waals surface area contributed by atoms with E-state index in [1.807, 2.05) is 25.6 Å². The Labute approximate surface area is 156 Å². The van der Waals surface area contributed by atoms with Crippen LogP contribution in [0.25, 0.3) is 22.5 Å². The maximum atomic E-state index is 4.48. The lowest BCUT2D eigenvalue weighted by molar-refractivity contribution is 0.614. The molecule has 136 valence electrons. The molecule has 1 unspecified atom stereocenters. The van der Waals surface area contributed by atoms with Crippen molar-refractivity contribution in [3.63, 3.8) is 0 Å². The van der Waals surface area contributed by atoms with Crippen LogP contribution in [-0.2, 0) is 13.6 Å². The Hall–Kier alpha value is -2.62. The van der Waals surface area contributed by atoms with Crippen molar-refractivity contribution in [2.45, 2.75) is 46.7 Å². The highest BCUT2D eigenvalue weighted by Crippen LogP contribution is 2.41. The molecule has 0 N–H and O–H groups in total. The molecule has 4 nitrogen and oxygen atoms in total. The van der Waals surface area contributed by atoms with Crippen LogP contribution in [0.2, 0.25) is 0 Å². The summed E-state index contributed by atoms with van der Waals surface area (Å²) in [6.45, 7) is 9.43. The topological polar surface area (TPSA) is 34.0 Å². The zero-order chi connectivity index (χ0) is 18.7. The Morgan fingerprint density at radius 2 is 1.65 bits per heavy atom. The van der Waals surface area contributed by atoms with Gasteiger partial charge in [-0.2, -0.15) is 0 Å². The molecule has 26 heavy (non-hydrogen) atoms. The van der Waals surface area contributed by atoms with Crippen molar-refractivity contribution in [1.82, 2.24) is 15.0 Å². The standard InChI is InChI=1S/C20H22N4.C2H6/c1-4-14(2)24-13-15-9-5-6-10-16(15)19-20(23(3)22-21-19)17-11-7-8-12-18(17)24;1-2/h5-12,14H,4,13H2,1-3H3;1-2H3. The van der Waals surface area contributed by atoms with Gasteiger partial charge >= 0.3 is 0 Å². The second-order valence-electron chi connectivity index (χ2n) is 6.47. The number of para-hydroxylation sites is 1. The lowest BCUT2D eigenvalue weighted by Crippen LogP contribution is -2.33. The highest BCUT2D eigenvalue weighted by molar-refractivity contribution is 5.88. The number of benzene rings is 2. The second kappa shape index (κ2) is 7.73. The van der Waals surface area contributed by atoms with E-state index in [9.17, 15) is 0 Å². The van der Waals surface area contributed by atoms with E-state index in [0.29, 0.717) is 6.04 Å². The molecule has 0 saturated heterocycles. The fourth-order valence-corrected chi connectivity index (χ4v) is 3.54. The minimum absolute atomic E-state index is 0.460. The van der Waals surface area contributed by atoms with Gasteiger partial charge in [0.25, 0.3) is 0 Å². The third-order valence-corrected chi connectivity index (χ3v) is 5.03. The van der Waals surface area contributed by atoms with Crippen LogP contribution in [0.5, 0.6) is 0 Å². The van der Waals surface area contributed by atoms with E-state index in [1.165, 1.54) is 22.4 Å². The summed E-state index contributed by atoms with van der Waals surface area (Å²) in [6, 6.07) is 17.6. The van der Waals surface area contributed by atoms with Crippen molar-refractivity contribution >= 4 is 5.69 Å². The molecule has 1 aliphatic heterocycles. The first-order valence-corrected chi connectivity index (χ1v) is 9.54. The molecule has 0 saturated carbocycles. The van der Waals surface area contributed by atoms with Gasteiger partial charge in [-0.25, -0.2) is 4.68 Å². The van der Waals surface area contributed by atoms with E-state index >= 15 is 0 Å². The Morgan fingerprint density at radius 1 is 1.00 bits per heavy atom. The monoisotopic (exact) mass is 348 g/mol. The summed E-state index contributed by atoms with van der Waals surface area (Å²) in [4.78, 5) is 2.50. The van der Waals surface area contributed by atoms with E-state index in [-0.39, 0.29) is 0 Å². The van der Waals surface area contributed by atoms with Crippen molar-refractivity contribution in [3.8, 4) is 22.5 Å². The third kappa shape index (κ3) is 3.00. The largest absolute Gasteiger partial charge is 0.364 e. The predicted octanol–water partition coefficient (Wildman–Crippen LogP) is 5.29. The fourth-order valence-electron chi connectivity index (χ4n) is 3.54. The van der Waals surface area contributed by atoms with Gasteiger partial charge in [0.2, 0.25) is 0 Å². The van der Waals surface area contributed by atoms with E-state index in [4.69, 9.17) is 0 Å². The van der Waals surface area contributed by atoms with Crippen LogP contribution in [0.1, 0.15) is 39.7 Å². The molecular weight excluding hydrogens is 320 g/mol. The summed E-state index contributed by atoms with van der Waals surface area (Å²) in [5.74, 6) is 0. The summed E-state index contributed by atoms with van der Waals surface area (Å²) >= 11 is 0. The molecule has 0 spiro atoms. The second-order valence-corrected chi connectivity index (χ2v) is 6.47. The van der Waals surface area contributed by atoms with Crippen molar-refractivity contribution in [3.05, 3.63) is 54.1 Å². The zero-order valence-corrected chi connectivity index (χ0v) is 16.4. The van der Waals surface area contributed by atoms with Crippen LogP contribution in [-0.4, -0.2) is 21.0 Å². The van der Waals surface area contributed by atoms with Gasteiger partial charge in [0.15, 0.2) is 0 Å². The molecule has 2 heterocycles. The molecule has 0 fully saturated rings. The Balaban J connectivity index is 0.000000948. The molecule has 0 radical (unpaired) electrons. The fraction of sp³-hybridized carbons (Fsp3) is 0.364. The van der Waals surface area contributed by atoms with Gasteiger partial charge < -0.3 is 4.90 Å². The number of anilines is 1. The van der Waals surface area contributed by atoms with E-state index in [1.54, 1.807) is 0 Å². The van der Waals surface area contributed by atoms with Gasteiger partial charge in [-0.1, -0.05) is 68.4 Å². The molecule has 0 aliphatic carbocycles. The maximum absolute atomic E-state index is 4.48. The molecule has 0 amide bonds. The van der Waals surface area contributed by atoms with Crippen LogP contribution in [0.4, 0.5) is 5.69 Å².